The first kappa shape index (κ1) is 21.5. The van der Waals surface area contributed by atoms with Crippen LogP contribution in [0.3, 0.4) is 0 Å². The minimum absolute atomic E-state index is 0. The van der Waals surface area contributed by atoms with Crippen LogP contribution in [0.1, 0.15) is 48.5 Å². The SMILES string of the molecule is CCCCN(C)C(=O)C1CCN(C(=O)c2ccc(CN)cc2)CC1.Cl. The van der Waals surface area contributed by atoms with E-state index in [-0.39, 0.29) is 30.1 Å². The number of amides is 2. The number of hydrogen-bond donors (Lipinski definition) is 1. The van der Waals surface area contributed by atoms with Crippen molar-refractivity contribution < 1.29 is 9.59 Å². The van der Waals surface area contributed by atoms with Crippen molar-refractivity contribution in [3.63, 3.8) is 0 Å². The van der Waals surface area contributed by atoms with Crippen LogP contribution in [0.15, 0.2) is 24.3 Å². The van der Waals surface area contributed by atoms with Crippen molar-refractivity contribution in [2.75, 3.05) is 26.7 Å². The monoisotopic (exact) mass is 367 g/mol. The molecule has 0 radical (unpaired) electrons. The van der Waals surface area contributed by atoms with E-state index in [9.17, 15) is 9.59 Å². The molecular formula is C19H30ClN3O2. The van der Waals surface area contributed by atoms with Crippen molar-refractivity contribution in [1.82, 2.24) is 9.80 Å². The highest BCUT2D eigenvalue weighted by atomic mass is 35.5. The molecule has 0 aliphatic carbocycles. The normalized spacial score (nSPS) is 14.8. The summed E-state index contributed by atoms with van der Waals surface area (Å²) in [6.45, 7) is 4.73. The number of hydrogen-bond acceptors (Lipinski definition) is 3. The summed E-state index contributed by atoms with van der Waals surface area (Å²) in [5, 5.41) is 0. The molecule has 0 aromatic heterocycles. The molecule has 0 unspecified atom stereocenters. The van der Waals surface area contributed by atoms with Gasteiger partial charge in [-0.05, 0) is 37.0 Å². The average molecular weight is 368 g/mol. The Morgan fingerprint density at radius 1 is 1.20 bits per heavy atom. The van der Waals surface area contributed by atoms with Gasteiger partial charge in [0.2, 0.25) is 5.91 Å². The van der Waals surface area contributed by atoms with Gasteiger partial charge in [-0.1, -0.05) is 25.5 Å². The van der Waals surface area contributed by atoms with E-state index < -0.39 is 0 Å². The zero-order valence-corrected chi connectivity index (χ0v) is 16.1. The van der Waals surface area contributed by atoms with Gasteiger partial charge in [0.25, 0.3) is 5.91 Å². The number of carbonyl (C=O) groups excluding carboxylic acids is 2. The number of benzene rings is 1. The van der Waals surface area contributed by atoms with Crippen LogP contribution in [0.4, 0.5) is 0 Å². The van der Waals surface area contributed by atoms with Crippen molar-refractivity contribution in [1.29, 1.82) is 0 Å². The summed E-state index contributed by atoms with van der Waals surface area (Å²) in [5.41, 5.74) is 7.30. The van der Waals surface area contributed by atoms with Crippen LogP contribution in [0.2, 0.25) is 0 Å². The highest BCUT2D eigenvalue weighted by Gasteiger charge is 2.29. The molecule has 2 rings (SSSR count). The van der Waals surface area contributed by atoms with Gasteiger partial charge >= 0.3 is 0 Å². The Bertz CT molecular complexity index is 554. The maximum Gasteiger partial charge on any atom is 0.253 e. The van der Waals surface area contributed by atoms with E-state index in [1.165, 1.54) is 0 Å². The quantitative estimate of drug-likeness (QED) is 0.840. The zero-order chi connectivity index (χ0) is 17.5. The van der Waals surface area contributed by atoms with E-state index >= 15 is 0 Å². The Hall–Kier alpha value is -1.59. The lowest BCUT2D eigenvalue weighted by Crippen LogP contribution is -2.43. The van der Waals surface area contributed by atoms with Crippen LogP contribution in [-0.2, 0) is 11.3 Å². The smallest absolute Gasteiger partial charge is 0.253 e. The maximum atomic E-state index is 12.6. The Morgan fingerprint density at radius 2 is 1.80 bits per heavy atom. The number of carbonyl (C=O) groups is 2. The molecule has 0 spiro atoms. The third-order valence-corrected chi connectivity index (χ3v) is 4.79. The lowest BCUT2D eigenvalue weighted by molar-refractivity contribution is -0.135. The van der Waals surface area contributed by atoms with Gasteiger partial charge in [0.15, 0.2) is 0 Å². The van der Waals surface area contributed by atoms with Gasteiger partial charge in [-0.2, -0.15) is 0 Å². The fraction of sp³-hybridized carbons (Fsp3) is 0.579. The summed E-state index contributed by atoms with van der Waals surface area (Å²) >= 11 is 0. The first-order valence-corrected chi connectivity index (χ1v) is 8.90. The lowest BCUT2D eigenvalue weighted by atomic mass is 9.94. The fourth-order valence-corrected chi connectivity index (χ4v) is 3.11. The third kappa shape index (κ3) is 5.72. The maximum absolute atomic E-state index is 12.6. The second kappa shape index (κ2) is 10.4. The molecule has 5 nitrogen and oxygen atoms in total. The molecule has 25 heavy (non-hydrogen) atoms. The van der Waals surface area contributed by atoms with Gasteiger partial charge in [0, 0.05) is 44.7 Å². The summed E-state index contributed by atoms with van der Waals surface area (Å²) in [6.07, 6.45) is 3.63. The van der Waals surface area contributed by atoms with Crippen molar-refractivity contribution in [3.8, 4) is 0 Å². The summed E-state index contributed by atoms with van der Waals surface area (Å²) < 4.78 is 0. The van der Waals surface area contributed by atoms with E-state index in [0.29, 0.717) is 25.2 Å². The summed E-state index contributed by atoms with van der Waals surface area (Å²) in [5.74, 6) is 0.321. The van der Waals surface area contributed by atoms with Crippen LogP contribution in [0.5, 0.6) is 0 Å². The lowest BCUT2D eigenvalue weighted by Gasteiger charge is -2.33. The number of piperidine rings is 1. The first-order chi connectivity index (χ1) is 11.6. The van der Waals surface area contributed by atoms with Gasteiger partial charge in [-0.3, -0.25) is 9.59 Å². The summed E-state index contributed by atoms with van der Waals surface area (Å²) in [7, 11) is 1.88. The van der Waals surface area contributed by atoms with E-state index in [2.05, 4.69) is 6.92 Å². The Labute approximate surface area is 157 Å². The van der Waals surface area contributed by atoms with Crippen molar-refractivity contribution in [3.05, 3.63) is 35.4 Å². The predicted molar refractivity (Wildman–Crippen MR) is 103 cm³/mol. The molecule has 0 bridgehead atoms. The van der Waals surface area contributed by atoms with Crippen LogP contribution in [0, 0.1) is 5.92 Å². The van der Waals surface area contributed by atoms with Gasteiger partial charge in [-0.15, -0.1) is 12.4 Å². The topological polar surface area (TPSA) is 66.6 Å². The second-order valence-corrected chi connectivity index (χ2v) is 6.58. The molecular weight excluding hydrogens is 338 g/mol. The molecule has 1 saturated heterocycles. The molecule has 0 atom stereocenters. The van der Waals surface area contributed by atoms with Crippen molar-refractivity contribution >= 4 is 24.2 Å². The van der Waals surface area contributed by atoms with Crippen molar-refractivity contribution in [2.24, 2.45) is 11.7 Å². The number of rotatable bonds is 6. The zero-order valence-electron chi connectivity index (χ0n) is 15.2. The minimum atomic E-state index is 0. The Morgan fingerprint density at radius 3 is 2.32 bits per heavy atom. The number of nitrogens with two attached hydrogens (primary N) is 1. The highest BCUT2D eigenvalue weighted by Crippen LogP contribution is 2.21. The standard InChI is InChI=1S/C19H29N3O2.ClH/c1-3-4-11-21(2)18(23)17-9-12-22(13-10-17)19(24)16-7-5-15(14-20)6-8-16;/h5-8,17H,3-4,9-14,20H2,1-2H3;1H. The Balaban J connectivity index is 0.00000312. The number of halogens is 1. The van der Waals surface area contributed by atoms with Gasteiger partial charge in [-0.25, -0.2) is 0 Å². The van der Waals surface area contributed by atoms with E-state index in [1.54, 1.807) is 0 Å². The van der Waals surface area contributed by atoms with Crippen molar-refractivity contribution in [2.45, 2.75) is 39.2 Å². The summed E-state index contributed by atoms with van der Waals surface area (Å²) in [4.78, 5) is 28.7. The third-order valence-electron chi connectivity index (χ3n) is 4.79. The van der Waals surface area contributed by atoms with Crippen LogP contribution in [-0.4, -0.2) is 48.3 Å². The van der Waals surface area contributed by atoms with Gasteiger partial charge in [0.1, 0.15) is 0 Å². The number of nitrogens with zero attached hydrogens (tertiary/aromatic N) is 2. The van der Waals surface area contributed by atoms with Gasteiger partial charge in [0.05, 0.1) is 0 Å². The molecule has 1 fully saturated rings. The Kier molecular flexibility index (Phi) is 8.93. The molecule has 1 heterocycles. The predicted octanol–water partition coefficient (Wildman–Crippen LogP) is 2.68. The highest BCUT2D eigenvalue weighted by molar-refractivity contribution is 5.94. The van der Waals surface area contributed by atoms with E-state index in [4.69, 9.17) is 5.73 Å². The van der Waals surface area contributed by atoms with Crippen LogP contribution < -0.4 is 5.73 Å². The molecule has 1 aliphatic rings. The summed E-state index contributed by atoms with van der Waals surface area (Å²) in [6, 6.07) is 7.46. The minimum Gasteiger partial charge on any atom is -0.346 e. The van der Waals surface area contributed by atoms with Crippen LogP contribution in [0.25, 0.3) is 0 Å². The average Bonchev–Trinajstić information content (AvgIpc) is 2.65. The molecule has 0 saturated carbocycles. The molecule has 6 heteroatoms. The largest absolute Gasteiger partial charge is 0.346 e. The second-order valence-electron chi connectivity index (χ2n) is 6.58. The molecule has 2 N–H and O–H groups in total. The van der Waals surface area contributed by atoms with E-state index in [1.807, 2.05) is 41.1 Å². The fourth-order valence-electron chi connectivity index (χ4n) is 3.11. The van der Waals surface area contributed by atoms with E-state index in [0.717, 1.165) is 37.8 Å². The molecule has 1 aliphatic heterocycles. The molecule has 140 valence electrons. The molecule has 1 aromatic rings. The molecule has 1 aromatic carbocycles. The number of likely N-dealkylation sites (tertiary alicyclic amines) is 1. The van der Waals surface area contributed by atoms with Crippen LogP contribution >= 0.6 is 12.4 Å². The van der Waals surface area contributed by atoms with Gasteiger partial charge < -0.3 is 15.5 Å². The number of unbranched alkanes of at least 4 members (excludes halogenated alkanes) is 1. The first-order valence-electron chi connectivity index (χ1n) is 8.90. The molecule has 2 amide bonds.